The molecule has 1 rings (SSSR count). The van der Waals surface area contributed by atoms with Crippen LogP contribution in [0, 0.1) is 0 Å². The molecule has 0 bridgehead atoms. The summed E-state index contributed by atoms with van der Waals surface area (Å²) in [5.41, 5.74) is 5.57. The van der Waals surface area contributed by atoms with Gasteiger partial charge in [0.05, 0.1) is 0 Å². The van der Waals surface area contributed by atoms with Gasteiger partial charge in [-0.05, 0) is 25.9 Å². The number of likely N-dealkylation sites (tertiary alicyclic amines) is 1. The zero-order valence-electron chi connectivity index (χ0n) is 6.68. The first-order valence-electron chi connectivity index (χ1n) is 3.90. The maximum atomic E-state index is 10.6. The van der Waals surface area contributed by atoms with Crippen molar-refractivity contribution < 1.29 is 4.79 Å². The molecule has 62 valence electrons. The molecule has 0 saturated carbocycles. The van der Waals surface area contributed by atoms with E-state index in [-0.39, 0.29) is 5.91 Å². The second-order valence-electron chi connectivity index (χ2n) is 2.95. The van der Waals surface area contributed by atoms with Crippen molar-refractivity contribution in [1.29, 1.82) is 0 Å². The second kappa shape index (κ2) is 3.53. The Bertz CT molecular complexity index is 171. The van der Waals surface area contributed by atoms with E-state index in [1.807, 2.05) is 0 Å². The molecule has 0 atom stereocenters. The first-order valence-corrected chi connectivity index (χ1v) is 3.90. The van der Waals surface area contributed by atoms with Gasteiger partial charge in [0.25, 0.3) is 0 Å². The third-order valence-electron chi connectivity index (χ3n) is 1.96. The summed E-state index contributed by atoms with van der Waals surface area (Å²) in [5.74, 6) is -0.378. The van der Waals surface area contributed by atoms with E-state index in [4.69, 9.17) is 5.73 Å². The number of amides is 1. The predicted molar refractivity (Wildman–Crippen MR) is 44.0 cm³/mol. The maximum Gasteiger partial charge on any atom is 0.245 e. The topological polar surface area (TPSA) is 46.3 Å². The highest BCUT2D eigenvalue weighted by Gasteiger charge is 2.13. The van der Waals surface area contributed by atoms with Crippen molar-refractivity contribution in [2.75, 3.05) is 19.6 Å². The molecule has 0 unspecified atom stereocenters. The van der Waals surface area contributed by atoms with Crippen LogP contribution in [0.1, 0.15) is 12.8 Å². The van der Waals surface area contributed by atoms with E-state index in [1.165, 1.54) is 12.8 Å². The van der Waals surface area contributed by atoms with Crippen molar-refractivity contribution in [3.63, 3.8) is 0 Å². The Morgan fingerprint density at radius 1 is 1.45 bits per heavy atom. The summed E-state index contributed by atoms with van der Waals surface area (Å²) in [6, 6.07) is 0. The molecule has 3 heteroatoms. The van der Waals surface area contributed by atoms with Crippen molar-refractivity contribution in [3.05, 3.63) is 12.2 Å². The largest absolute Gasteiger partial charge is 0.366 e. The fourth-order valence-corrected chi connectivity index (χ4v) is 1.29. The van der Waals surface area contributed by atoms with E-state index in [0.29, 0.717) is 12.1 Å². The number of carbonyl (C=O) groups is 1. The summed E-state index contributed by atoms with van der Waals surface area (Å²) in [5, 5.41) is 0. The van der Waals surface area contributed by atoms with Gasteiger partial charge in [0.15, 0.2) is 0 Å². The van der Waals surface area contributed by atoms with Gasteiger partial charge in [-0.3, -0.25) is 9.69 Å². The lowest BCUT2D eigenvalue weighted by molar-refractivity contribution is -0.114. The minimum Gasteiger partial charge on any atom is -0.366 e. The van der Waals surface area contributed by atoms with Gasteiger partial charge in [-0.25, -0.2) is 0 Å². The number of carbonyl (C=O) groups excluding carboxylic acids is 1. The van der Waals surface area contributed by atoms with Gasteiger partial charge in [0.2, 0.25) is 5.91 Å². The smallest absolute Gasteiger partial charge is 0.245 e. The summed E-state index contributed by atoms with van der Waals surface area (Å²) >= 11 is 0. The monoisotopic (exact) mass is 154 g/mol. The number of nitrogens with zero attached hydrogens (tertiary/aromatic N) is 1. The van der Waals surface area contributed by atoms with Crippen LogP contribution in [0.4, 0.5) is 0 Å². The average molecular weight is 154 g/mol. The number of hydrogen-bond acceptors (Lipinski definition) is 2. The van der Waals surface area contributed by atoms with Gasteiger partial charge < -0.3 is 5.73 Å². The number of primary amides is 1. The first-order chi connectivity index (χ1) is 5.20. The van der Waals surface area contributed by atoms with E-state index in [2.05, 4.69) is 11.5 Å². The van der Waals surface area contributed by atoms with Crippen LogP contribution >= 0.6 is 0 Å². The highest BCUT2D eigenvalue weighted by molar-refractivity contribution is 5.91. The molecule has 1 saturated heterocycles. The lowest BCUT2D eigenvalue weighted by Gasteiger charge is -2.13. The molecule has 0 spiro atoms. The fraction of sp³-hybridized carbons (Fsp3) is 0.625. The van der Waals surface area contributed by atoms with Crippen LogP contribution in [0.5, 0.6) is 0 Å². The van der Waals surface area contributed by atoms with Crippen molar-refractivity contribution in [1.82, 2.24) is 4.90 Å². The molecule has 0 radical (unpaired) electrons. The molecule has 1 aliphatic heterocycles. The van der Waals surface area contributed by atoms with E-state index < -0.39 is 0 Å². The quantitative estimate of drug-likeness (QED) is 0.587. The van der Waals surface area contributed by atoms with Gasteiger partial charge in [0, 0.05) is 12.1 Å². The highest BCUT2D eigenvalue weighted by atomic mass is 16.1. The summed E-state index contributed by atoms with van der Waals surface area (Å²) in [7, 11) is 0. The highest BCUT2D eigenvalue weighted by Crippen LogP contribution is 2.08. The molecule has 0 aromatic heterocycles. The van der Waals surface area contributed by atoms with Crippen LogP contribution in [-0.4, -0.2) is 30.4 Å². The fourth-order valence-electron chi connectivity index (χ4n) is 1.29. The van der Waals surface area contributed by atoms with Gasteiger partial charge in [0.1, 0.15) is 0 Å². The summed E-state index contributed by atoms with van der Waals surface area (Å²) < 4.78 is 0. The molecule has 0 aromatic carbocycles. The molecular weight excluding hydrogens is 140 g/mol. The molecule has 1 fully saturated rings. The van der Waals surface area contributed by atoms with Crippen LogP contribution in [0.25, 0.3) is 0 Å². The van der Waals surface area contributed by atoms with Crippen LogP contribution in [0.3, 0.4) is 0 Å². The van der Waals surface area contributed by atoms with E-state index in [0.717, 1.165) is 13.1 Å². The third-order valence-corrected chi connectivity index (χ3v) is 1.96. The van der Waals surface area contributed by atoms with Gasteiger partial charge in [-0.1, -0.05) is 6.58 Å². The lowest BCUT2D eigenvalue weighted by Crippen LogP contribution is -2.27. The number of nitrogens with two attached hydrogens (primary N) is 1. The molecule has 11 heavy (non-hydrogen) atoms. The average Bonchev–Trinajstić information content (AvgIpc) is 2.39. The summed E-state index contributed by atoms with van der Waals surface area (Å²) in [6.45, 7) is 6.40. The Morgan fingerprint density at radius 3 is 2.45 bits per heavy atom. The molecule has 1 amide bonds. The molecule has 2 N–H and O–H groups in total. The van der Waals surface area contributed by atoms with Gasteiger partial charge in [-0.2, -0.15) is 0 Å². The summed E-state index contributed by atoms with van der Waals surface area (Å²) in [6.07, 6.45) is 2.46. The molecule has 1 heterocycles. The normalized spacial score (nSPS) is 18.5. The third kappa shape index (κ3) is 2.35. The Morgan fingerprint density at radius 2 is 2.00 bits per heavy atom. The zero-order chi connectivity index (χ0) is 8.27. The lowest BCUT2D eigenvalue weighted by atomic mass is 10.3. The second-order valence-corrected chi connectivity index (χ2v) is 2.95. The first kappa shape index (κ1) is 8.27. The zero-order valence-corrected chi connectivity index (χ0v) is 6.68. The van der Waals surface area contributed by atoms with E-state index in [1.54, 1.807) is 0 Å². The van der Waals surface area contributed by atoms with Crippen molar-refractivity contribution >= 4 is 5.91 Å². The number of rotatable bonds is 3. The standard InChI is InChI=1S/C8H14N2O/c1-7(8(9)11)6-10-4-2-3-5-10/h1-6H2,(H2,9,11). The molecule has 0 aromatic rings. The minimum absolute atomic E-state index is 0.378. The molecular formula is C8H14N2O. The Labute approximate surface area is 66.9 Å². The van der Waals surface area contributed by atoms with Gasteiger partial charge in [-0.15, -0.1) is 0 Å². The number of hydrogen-bond donors (Lipinski definition) is 1. The SMILES string of the molecule is C=C(CN1CCCC1)C(N)=O. The minimum atomic E-state index is -0.378. The van der Waals surface area contributed by atoms with Gasteiger partial charge >= 0.3 is 0 Å². The van der Waals surface area contributed by atoms with E-state index >= 15 is 0 Å². The van der Waals surface area contributed by atoms with Crippen molar-refractivity contribution in [2.24, 2.45) is 5.73 Å². The van der Waals surface area contributed by atoms with Crippen molar-refractivity contribution in [3.8, 4) is 0 Å². The van der Waals surface area contributed by atoms with Crippen LogP contribution in [-0.2, 0) is 4.79 Å². The Balaban J connectivity index is 2.29. The van der Waals surface area contributed by atoms with Crippen molar-refractivity contribution in [2.45, 2.75) is 12.8 Å². The Hall–Kier alpha value is -0.830. The summed E-state index contributed by atoms with van der Waals surface area (Å²) in [4.78, 5) is 12.8. The predicted octanol–water partition coefficient (Wildman–Crippen LogP) is 0.124. The van der Waals surface area contributed by atoms with Crippen LogP contribution in [0.2, 0.25) is 0 Å². The van der Waals surface area contributed by atoms with Crippen LogP contribution < -0.4 is 5.73 Å². The molecule has 1 aliphatic rings. The molecule has 0 aliphatic carbocycles. The maximum absolute atomic E-state index is 10.6. The van der Waals surface area contributed by atoms with E-state index in [9.17, 15) is 4.79 Å². The molecule has 3 nitrogen and oxygen atoms in total. The van der Waals surface area contributed by atoms with Crippen LogP contribution in [0.15, 0.2) is 12.2 Å². The Kier molecular flexibility index (Phi) is 2.65.